The highest BCUT2D eigenvalue weighted by Crippen LogP contribution is 2.27. The second-order valence-electron chi connectivity index (χ2n) is 3.30. The molecule has 0 aromatic heterocycles. The molecule has 0 bridgehead atoms. The minimum atomic E-state index is -0.658. The van der Waals surface area contributed by atoms with Crippen molar-refractivity contribution in [1.82, 2.24) is 0 Å². The molecule has 0 spiro atoms. The van der Waals surface area contributed by atoms with Gasteiger partial charge in [0, 0.05) is 13.3 Å². The molecule has 0 aromatic carbocycles. The fourth-order valence-electron chi connectivity index (χ4n) is 1.18. The lowest BCUT2D eigenvalue weighted by atomic mass is 9.99. The van der Waals surface area contributed by atoms with Crippen LogP contribution in [0.2, 0.25) is 0 Å². The Hall–Kier alpha value is -0.570. The zero-order valence-corrected chi connectivity index (χ0v) is 7.00. The Labute approximate surface area is 66.7 Å². The van der Waals surface area contributed by atoms with Crippen LogP contribution < -0.4 is 0 Å². The van der Waals surface area contributed by atoms with Crippen LogP contribution in [-0.4, -0.2) is 18.9 Å². The maximum Gasteiger partial charge on any atom is 0.295 e. The van der Waals surface area contributed by atoms with Gasteiger partial charge in [0.15, 0.2) is 0 Å². The molecule has 1 rings (SSSR count). The van der Waals surface area contributed by atoms with Crippen LogP contribution in [0.4, 0.5) is 0 Å². The van der Waals surface area contributed by atoms with Gasteiger partial charge in [-0.05, 0) is 12.3 Å². The zero-order chi connectivity index (χ0) is 8.32. The largest absolute Gasteiger partial charge is 0.436 e. The summed E-state index contributed by atoms with van der Waals surface area (Å²) in [5, 5.41) is 0. The lowest BCUT2D eigenvalue weighted by Crippen LogP contribution is -2.38. The maximum atomic E-state index is 10.1. The Bertz CT molecular complexity index is 136. The molecule has 2 atom stereocenters. The third kappa shape index (κ3) is 2.19. The predicted octanol–water partition coefficient (Wildman–Crippen LogP) is 1.32. The van der Waals surface area contributed by atoms with E-state index < -0.39 is 5.79 Å². The van der Waals surface area contributed by atoms with Crippen molar-refractivity contribution in [1.29, 1.82) is 0 Å². The van der Waals surface area contributed by atoms with Crippen LogP contribution >= 0.6 is 0 Å². The molecule has 1 aliphatic rings. The van der Waals surface area contributed by atoms with E-state index in [1.807, 2.05) is 0 Å². The van der Waals surface area contributed by atoms with E-state index in [-0.39, 0.29) is 0 Å². The molecule has 0 amide bonds. The van der Waals surface area contributed by atoms with Crippen LogP contribution in [-0.2, 0) is 14.3 Å². The monoisotopic (exact) mass is 158 g/mol. The van der Waals surface area contributed by atoms with Gasteiger partial charge in [0.1, 0.15) is 0 Å². The first kappa shape index (κ1) is 8.53. The van der Waals surface area contributed by atoms with E-state index in [1.54, 1.807) is 6.92 Å². The van der Waals surface area contributed by atoms with Crippen LogP contribution in [0.15, 0.2) is 0 Å². The van der Waals surface area contributed by atoms with Crippen molar-refractivity contribution < 1.29 is 14.3 Å². The van der Waals surface area contributed by atoms with Crippen LogP contribution in [0.25, 0.3) is 0 Å². The smallest absolute Gasteiger partial charge is 0.295 e. The van der Waals surface area contributed by atoms with Gasteiger partial charge in [0.2, 0.25) is 5.79 Å². The quantitative estimate of drug-likeness (QED) is 0.568. The summed E-state index contributed by atoms with van der Waals surface area (Å²) < 4.78 is 10.2. The first-order valence-electron chi connectivity index (χ1n) is 3.92. The third-order valence-corrected chi connectivity index (χ3v) is 2.06. The number of ether oxygens (including phenoxy) is 2. The molecule has 0 aliphatic carbocycles. The van der Waals surface area contributed by atoms with Gasteiger partial charge in [0.25, 0.3) is 6.47 Å². The SMILES string of the molecule is CC1CCC(C)(OC=O)OC1. The van der Waals surface area contributed by atoms with Gasteiger partial charge in [-0.25, -0.2) is 0 Å². The second kappa shape index (κ2) is 3.22. The Morgan fingerprint density at radius 1 is 1.73 bits per heavy atom. The summed E-state index contributed by atoms with van der Waals surface area (Å²) in [6, 6.07) is 0. The highest BCUT2D eigenvalue weighted by Gasteiger charge is 2.31. The Morgan fingerprint density at radius 2 is 2.45 bits per heavy atom. The van der Waals surface area contributed by atoms with Gasteiger partial charge in [-0.15, -0.1) is 0 Å². The molecule has 0 N–H and O–H groups in total. The van der Waals surface area contributed by atoms with Crippen LogP contribution in [0.3, 0.4) is 0 Å². The summed E-state index contributed by atoms with van der Waals surface area (Å²) in [4.78, 5) is 10.1. The van der Waals surface area contributed by atoms with Crippen molar-refractivity contribution in [2.45, 2.75) is 32.5 Å². The summed E-state index contributed by atoms with van der Waals surface area (Å²) in [6.45, 7) is 5.06. The van der Waals surface area contributed by atoms with E-state index in [4.69, 9.17) is 9.47 Å². The molecule has 1 saturated heterocycles. The van der Waals surface area contributed by atoms with Crippen molar-refractivity contribution in [2.24, 2.45) is 5.92 Å². The number of carbonyl (C=O) groups is 1. The van der Waals surface area contributed by atoms with Crippen LogP contribution in [0.1, 0.15) is 26.7 Å². The minimum absolute atomic E-state index is 0.454. The van der Waals surface area contributed by atoms with E-state index in [9.17, 15) is 4.79 Å². The average Bonchev–Trinajstić information content (AvgIpc) is 1.97. The fraction of sp³-hybridized carbons (Fsp3) is 0.875. The Kier molecular flexibility index (Phi) is 2.49. The summed E-state index contributed by atoms with van der Waals surface area (Å²) >= 11 is 0. The number of hydrogen-bond donors (Lipinski definition) is 0. The molecule has 2 unspecified atom stereocenters. The van der Waals surface area contributed by atoms with E-state index in [2.05, 4.69) is 6.92 Å². The molecule has 11 heavy (non-hydrogen) atoms. The second-order valence-corrected chi connectivity index (χ2v) is 3.30. The molecule has 3 heteroatoms. The van der Waals surface area contributed by atoms with Gasteiger partial charge < -0.3 is 9.47 Å². The van der Waals surface area contributed by atoms with E-state index >= 15 is 0 Å². The van der Waals surface area contributed by atoms with Gasteiger partial charge in [-0.1, -0.05) is 6.92 Å². The lowest BCUT2D eigenvalue weighted by molar-refractivity contribution is -0.235. The van der Waals surface area contributed by atoms with Crippen molar-refractivity contribution in [2.75, 3.05) is 6.61 Å². The Balaban J connectivity index is 2.41. The first-order chi connectivity index (χ1) is 5.16. The minimum Gasteiger partial charge on any atom is -0.436 e. The zero-order valence-electron chi connectivity index (χ0n) is 7.00. The molecule has 1 heterocycles. The maximum absolute atomic E-state index is 10.1. The summed E-state index contributed by atoms with van der Waals surface area (Å²) in [7, 11) is 0. The van der Waals surface area contributed by atoms with Gasteiger partial charge >= 0.3 is 0 Å². The standard InChI is InChI=1S/C8H14O3/c1-7-3-4-8(2,10-5-7)11-6-9/h6-7H,3-5H2,1-2H3. The Morgan fingerprint density at radius 3 is 2.91 bits per heavy atom. The van der Waals surface area contributed by atoms with Crippen LogP contribution in [0.5, 0.6) is 0 Å². The van der Waals surface area contributed by atoms with Crippen LogP contribution in [0, 0.1) is 5.92 Å². The molecule has 0 saturated carbocycles. The molecule has 0 aromatic rings. The lowest BCUT2D eigenvalue weighted by Gasteiger charge is -2.34. The predicted molar refractivity (Wildman–Crippen MR) is 39.9 cm³/mol. The summed E-state index contributed by atoms with van der Waals surface area (Å²) in [6.07, 6.45) is 1.86. The highest BCUT2D eigenvalue weighted by molar-refractivity contribution is 5.37. The molecular weight excluding hydrogens is 144 g/mol. The summed E-state index contributed by atoms with van der Waals surface area (Å²) in [5.74, 6) is -0.0767. The van der Waals surface area contributed by atoms with Gasteiger partial charge in [-0.3, -0.25) is 4.79 Å². The highest BCUT2D eigenvalue weighted by atomic mass is 16.7. The fourth-order valence-corrected chi connectivity index (χ4v) is 1.18. The van der Waals surface area contributed by atoms with Crippen molar-refractivity contribution >= 4 is 6.47 Å². The normalized spacial score (nSPS) is 38.2. The number of hydrogen-bond acceptors (Lipinski definition) is 3. The number of carbonyl (C=O) groups excluding carboxylic acids is 1. The van der Waals surface area contributed by atoms with E-state index in [0.29, 0.717) is 19.0 Å². The molecule has 1 aliphatic heterocycles. The number of rotatable bonds is 2. The van der Waals surface area contributed by atoms with Gasteiger partial charge in [0.05, 0.1) is 6.61 Å². The first-order valence-corrected chi connectivity index (χ1v) is 3.92. The average molecular weight is 158 g/mol. The van der Waals surface area contributed by atoms with E-state index in [0.717, 1.165) is 12.8 Å². The molecule has 3 nitrogen and oxygen atoms in total. The molecule has 0 radical (unpaired) electrons. The van der Waals surface area contributed by atoms with Crippen molar-refractivity contribution in [3.05, 3.63) is 0 Å². The third-order valence-electron chi connectivity index (χ3n) is 2.06. The van der Waals surface area contributed by atoms with Crippen molar-refractivity contribution in [3.8, 4) is 0 Å². The van der Waals surface area contributed by atoms with Crippen molar-refractivity contribution in [3.63, 3.8) is 0 Å². The molecular formula is C8H14O3. The molecule has 1 fully saturated rings. The van der Waals surface area contributed by atoms with Gasteiger partial charge in [-0.2, -0.15) is 0 Å². The molecule has 64 valence electrons. The van der Waals surface area contributed by atoms with E-state index in [1.165, 1.54) is 0 Å². The summed E-state index contributed by atoms with van der Waals surface area (Å²) in [5.41, 5.74) is 0. The topological polar surface area (TPSA) is 35.5 Å².